The first-order chi connectivity index (χ1) is 13.9. The number of hydrogen-bond donors (Lipinski definition) is 0. The van der Waals surface area contributed by atoms with Gasteiger partial charge in [0.15, 0.2) is 0 Å². The molecule has 0 spiro atoms. The number of nitrogens with zero attached hydrogens (tertiary/aromatic N) is 2. The number of benzene rings is 4. The molecule has 1 aliphatic heterocycles. The summed E-state index contributed by atoms with van der Waals surface area (Å²) in [6.07, 6.45) is 0. The summed E-state index contributed by atoms with van der Waals surface area (Å²) in [7, 11) is 0. The molecule has 0 fully saturated rings. The van der Waals surface area contributed by atoms with Gasteiger partial charge in [0.2, 0.25) is 0 Å². The number of fused-ring (bicyclic) bond motifs is 2. The van der Waals surface area contributed by atoms with E-state index >= 15 is 0 Å². The maximum atomic E-state index is 5.12. The lowest BCUT2D eigenvalue weighted by atomic mass is 9.96. The number of para-hydroxylation sites is 2. The lowest BCUT2D eigenvalue weighted by Crippen LogP contribution is -2.10. The van der Waals surface area contributed by atoms with Crippen LogP contribution in [-0.4, -0.2) is 11.4 Å². The summed E-state index contributed by atoms with van der Waals surface area (Å²) in [4.78, 5) is 10.2. The van der Waals surface area contributed by atoms with Gasteiger partial charge in [-0.05, 0) is 12.1 Å². The Morgan fingerprint density at radius 1 is 0.357 bits per heavy atom. The quantitative estimate of drug-likeness (QED) is 0.352. The molecule has 1 aliphatic rings. The third-order valence-electron chi connectivity index (χ3n) is 4.88. The van der Waals surface area contributed by atoms with Crippen LogP contribution in [-0.2, 0) is 0 Å². The van der Waals surface area contributed by atoms with Gasteiger partial charge in [-0.3, -0.25) is 0 Å². The molecule has 2 nitrogen and oxygen atoms in total. The van der Waals surface area contributed by atoms with Gasteiger partial charge in [-0.2, -0.15) is 0 Å². The third kappa shape index (κ3) is 2.95. The van der Waals surface area contributed by atoms with Crippen molar-refractivity contribution in [2.24, 2.45) is 9.98 Å². The Morgan fingerprint density at radius 2 is 0.714 bits per heavy atom. The summed E-state index contributed by atoms with van der Waals surface area (Å²) in [5, 5.41) is 0. The van der Waals surface area contributed by atoms with Crippen LogP contribution < -0.4 is 0 Å². The van der Waals surface area contributed by atoms with Crippen molar-refractivity contribution in [2.45, 2.75) is 0 Å². The van der Waals surface area contributed by atoms with Crippen molar-refractivity contribution < 1.29 is 0 Å². The maximum absolute atomic E-state index is 5.12. The monoisotopic (exact) mass is 358 g/mol. The third-order valence-corrected chi connectivity index (χ3v) is 4.88. The van der Waals surface area contributed by atoms with Gasteiger partial charge in [0.05, 0.1) is 22.8 Å². The Hall–Kier alpha value is -3.78. The van der Waals surface area contributed by atoms with E-state index in [2.05, 4.69) is 48.5 Å². The minimum atomic E-state index is 0.929. The highest BCUT2D eigenvalue weighted by atomic mass is 14.8. The van der Waals surface area contributed by atoms with Gasteiger partial charge in [0.1, 0.15) is 0 Å². The van der Waals surface area contributed by atoms with Gasteiger partial charge in [0, 0.05) is 22.3 Å². The Morgan fingerprint density at radius 3 is 1.14 bits per heavy atom. The molecule has 1 heterocycles. The maximum Gasteiger partial charge on any atom is 0.0803 e. The summed E-state index contributed by atoms with van der Waals surface area (Å²) in [6, 6.07) is 37.1. The molecule has 4 aromatic rings. The molecule has 0 bridgehead atoms. The lowest BCUT2D eigenvalue weighted by molar-refractivity contribution is 1.39. The highest BCUT2D eigenvalue weighted by molar-refractivity contribution is 6.22. The zero-order chi connectivity index (χ0) is 18.8. The van der Waals surface area contributed by atoms with Gasteiger partial charge < -0.3 is 0 Å². The fraction of sp³-hybridized carbons (Fsp3) is 0. The second-order valence-corrected chi connectivity index (χ2v) is 6.69. The molecule has 0 aromatic heterocycles. The van der Waals surface area contributed by atoms with E-state index in [0.29, 0.717) is 0 Å². The molecule has 28 heavy (non-hydrogen) atoms. The first-order valence-electron chi connectivity index (χ1n) is 9.37. The zero-order valence-electron chi connectivity index (χ0n) is 15.3. The molecule has 0 unspecified atom stereocenters. The normalized spacial score (nSPS) is 12.7. The van der Waals surface area contributed by atoms with E-state index in [1.54, 1.807) is 0 Å². The van der Waals surface area contributed by atoms with Crippen molar-refractivity contribution in [2.75, 3.05) is 0 Å². The number of hydrogen-bond acceptors (Lipinski definition) is 2. The molecule has 132 valence electrons. The van der Waals surface area contributed by atoms with Crippen molar-refractivity contribution in [1.82, 2.24) is 0 Å². The molecule has 0 saturated heterocycles. The Kier molecular flexibility index (Phi) is 4.15. The van der Waals surface area contributed by atoms with Crippen molar-refractivity contribution in [3.8, 4) is 0 Å². The average molecular weight is 358 g/mol. The topological polar surface area (TPSA) is 24.7 Å². The number of aliphatic imine (C=N–C) groups is 2. The summed E-state index contributed by atoms with van der Waals surface area (Å²) in [6.45, 7) is 0. The summed E-state index contributed by atoms with van der Waals surface area (Å²) in [5.41, 5.74) is 8.00. The van der Waals surface area contributed by atoms with Gasteiger partial charge in [-0.15, -0.1) is 0 Å². The zero-order valence-corrected chi connectivity index (χ0v) is 15.3. The van der Waals surface area contributed by atoms with Crippen LogP contribution in [0.2, 0.25) is 0 Å². The molecule has 5 rings (SSSR count). The lowest BCUT2D eigenvalue weighted by Gasteiger charge is -2.17. The fourth-order valence-corrected chi connectivity index (χ4v) is 3.54. The predicted octanol–water partition coefficient (Wildman–Crippen LogP) is 6.34. The second kappa shape index (κ2) is 7.09. The van der Waals surface area contributed by atoms with Crippen LogP contribution in [0.1, 0.15) is 22.3 Å². The van der Waals surface area contributed by atoms with Gasteiger partial charge in [0.25, 0.3) is 0 Å². The van der Waals surface area contributed by atoms with Gasteiger partial charge >= 0.3 is 0 Å². The molecular weight excluding hydrogens is 340 g/mol. The molecular formula is C26H18N2. The molecule has 0 saturated carbocycles. The fourth-order valence-electron chi connectivity index (χ4n) is 3.54. The van der Waals surface area contributed by atoms with Crippen LogP contribution in [0, 0.1) is 0 Å². The summed E-state index contributed by atoms with van der Waals surface area (Å²) >= 11 is 0. The minimum Gasteiger partial charge on any atom is -0.247 e. The molecule has 0 N–H and O–H groups in total. The second-order valence-electron chi connectivity index (χ2n) is 6.69. The molecule has 0 radical (unpaired) electrons. The van der Waals surface area contributed by atoms with Gasteiger partial charge in [-0.25, -0.2) is 9.98 Å². The Balaban J connectivity index is 1.83. The Labute approximate surface area is 164 Å². The first kappa shape index (κ1) is 16.4. The van der Waals surface area contributed by atoms with Crippen molar-refractivity contribution in [3.63, 3.8) is 0 Å². The van der Waals surface area contributed by atoms with E-state index in [4.69, 9.17) is 9.98 Å². The van der Waals surface area contributed by atoms with E-state index in [1.165, 1.54) is 0 Å². The van der Waals surface area contributed by atoms with E-state index in [-0.39, 0.29) is 0 Å². The van der Waals surface area contributed by atoms with Crippen LogP contribution >= 0.6 is 0 Å². The van der Waals surface area contributed by atoms with Crippen molar-refractivity contribution in [1.29, 1.82) is 0 Å². The van der Waals surface area contributed by atoms with E-state index in [9.17, 15) is 0 Å². The molecule has 0 atom stereocenters. The van der Waals surface area contributed by atoms with Crippen LogP contribution in [0.15, 0.2) is 119 Å². The van der Waals surface area contributed by atoms with E-state index in [1.807, 2.05) is 60.7 Å². The molecule has 2 heteroatoms. The van der Waals surface area contributed by atoms with Crippen molar-refractivity contribution >= 4 is 22.8 Å². The molecule has 0 aliphatic carbocycles. The molecule has 0 amide bonds. The Bertz CT molecular complexity index is 1090. The van der Waals surface area contributed by atoms with Crippen molar-refractivity contribution in [3.05, 3.63) is 131 Å². The smallest absolute Gasteiger partial charge is 0.0803 e. The van der Waals surface area contributed by atoms with E-state index in [0.717, 1.165) is 45.1 Å². The summed E-state index contributed by atoms with van der Waals surface area (Å²) < 4.78 is 0. The standard InChI is InChI=1S/C26H18N2/c1-3-11-19(12-4-1)25-21-15-7-9-17-23(21)28-26(20-13-5-2-6-14-20)22-16-8-10-18-24(22)27-25/h1-18H. The summed E-state index contributed by atoms with van der Waals surface area (Å²) in [5.74, 6) is 0. The van der Waals surface area contributed by atoms with Crippen LogP contribution in [0.3, 0.4) is 0 Å². The average Bonchev–Trinajstić information content (AvgIpc) is 2.76. The van der Waals surface area contributed by atoms with Crippen LogP contribution in [0.25, 0.3) is 0 Å². The predicted molar refractivity (Wildman–Crippen MR) is 116 cm³/mol. The highest BCUT2D eigenvalue weighted by Crippen LogP contribution is 2.32. The first-order valence-corrected chi connectivity index (χ1v) is 9.37. The minimum absolute atomic E-state index is 0.929. The van der Waals surface area contributed by atoms with Gasteiger partial charge in [-0.1, -0.05) is 97.1 Å². The van der Waals surface area contributed by atoms with E-state index < -0.39 is 0 Å². The SMILES string of the molecule is c1ccc(C2=Nc3ccccc3C(c3ccccc3)=Nc3ccccc32)cc1. The number of rotatable bonds is 2. The van der Waals surface area contributed by atoms with Crippen LogP contribution in [0.4, 0.5) is 11.4 Å². The highest BCUT2D eigenvalue weighted by Gasteiger charge is 2.19. The molecule has 4 aromatic carbocycles. The largest absolute Gasteiger partial charge is 0.247 e. The van der Waals surface area contributed by atoms with Crippen LogP contribution in [0.5, 0.6) is 0 Å².